The lowest BCUT2D eigenvalue weighted by Crippen LogP contribution is -2.14. The number of aromatic nitrogens is 2. The number of fused-ring (bicyclic) bond motifs is 1. The molecule has 94 valence electrons. The number of hydrogen-bond donors (Lipinski definition) is 1. The highest BCUT2D eigenvalue weighted by atomic mass is 16.5. The van der Waals surface area contributed by atoms with E-state index in [0.717, 1.165) is 0 Å². The Hall–Kier alpha value is -2.44. The van der Waals surface area contributed by atoms with Crippen molar-refractivity contribution < 1.29 is 18.7 Å². The van der Waals surface area contributed by atoms with Crippen molar-refractivity contribution in [1.29, 1.82) is 0 Å². The molecule has 0 aliphatic rings. The smallest absolute Gasteiger partial charge is 0.404 e. The number of oxazole rings is 1. The lowest BCUT2D eigenvalue weighted by atomic mass is 10.2. The van der Waals surface area contributed by atoms with Crippen molar-refractivity contribution in [2.45, 2.75) is 12.8 Å². The van der Waals surface area contributed by atoms with Crippen LogP contribution in [0.15, 0.2) is 22.7 Å². The third-order valence-corrected chi connectivity index (χ3v) is 2.20. The third-order valence-electron chi connectivity index (χ3n) is 2.20. The summed E-state index contributed by atoms with van der Waals surface area (Å²) in [6.45, 7) is 0.0968. The maximum absolute atomic E-state index is 11.7. The van der Waals surface area contributed by atoms with Gasteiger partial charge in [-0.2, -0.15) is 0 Å². The minimum absolute atomic E-state index is 0.0165. The second-order valence-electron chi connectivity index (χ2n) is 3.54. The topological polar surface area (TPSA) is 108 Å². The number of carbonyl (C=O) groups excluding carboxylic acids is 2. The van der Waals surface area contributed by atoms with E-state index in [1.165, 1.54) is 0 Å². The van der Waals surface area contributed by atoms with E-state index in [2.05, 4.69) is 14.7 Å². The highest BCUT2D eigenvalue weighted by Gasteiger charge is 2.14. The summed E-state index contributed by atoms with van der Waals surface area (Å²) < 4.78 is 9.71. The van der Waals surface area contributed by atoms with Gasteiger partial charge in [-0.1, -0.05) is 0 Å². The van der Waals surface area contributed by atoms with Crippen molar-refractivity contribution in [3.8, 4) is 0 Å². The first-order valence-electron chi connectivity index (χ1n) is 5.34. The Morgan fingerprint density at radius 2 is 2.28 bits per heavy atom. The lowest BCUT2D eigenvalue weighted by molar-refractivity contribution is 0.0931. The minimum atomic E-state index is -0.853. The summed E-state index contributed by atoms with van der Waals surface area (Å²) >= 11 is 0. The number of nitrogens with two attached hydrogens (primary N) is 1. The molecule has 0 radical (unpaired) electrons. The number of nitrogens with zero attached hydrogens (tertiary/aromatic N) is 2. The predicted molar refractivity (Wildman–Crippen MR) is 60.9 cm³/mol. The van der Waals surface area contributed by atoms with E-state index >= 15 is 0 Å². The summed E-state index contributed by atoms with van der Waals surface area (Å²) in [5.74, 6) is -0.246. The SMILES string of the molecule is NC(=O)OCCCC(=O)c1nc2cccnc2o1. The molecule has 7 nitrogen and oxygen atoms in total. The van der Waals surface area contributed by atoms with Gasteiger partial charge in [0, 0.05) is 12.6 Å². The molecule has 2 rings (SSSR count). The van der Waals surface area contributed by atoms with Crippen LogP contribution in [0.2, 0.25) is 0 Å². The molecule has 0 aromatic carbocycles. The number of pyridine rings is 1. The van der Waals surface area contributed by atoms with Crippen LogP contribution in [0.4, 0.5) is 4.79 Å². The van der Waals surface area contributed by atoms with Gasteiger partial charge in [0.15, 0.2) is 0 Å². The van der Waals surface area contributed by atoms with Crippen molar-refractivity contribution in [2.24, 2.45) is 5.73 Å². The van der Waals surface area contributed by atoms with E-state index in [1.807, 2.05) is 0 Å². The van der Waals surface area contributed by atoms with Crippen molar-refractivity contribution in [1.82, 2.24) is 9.97 Å². The average Bonchev–Trinajstić information content (AvgIpc) is 2.78. The van der Waals surface area contributed by atoms with Gasteiger partial charge in [-0.05, 0) is 18.6 Å². The van der Waals surface area contributed by atoms with E-state index < -0.39 is 6.09 Å². The molecule has 2 aromatic rings. The molecule has 0 atom stereocenters. The third kappa shape index (κ3) is 2.82. The molecule has 0 bridgehead atoms. The number of rotatable bonds is 5. The Bertz CT molecular complexity index is 545. The number of amides is 1. The Morgan fingerprint density at radius 3 is 3.00 bits per heavy atom. The molecular weight excluding hydrogens is 238 g/mol. The Labute approximate surface area is 102 Å². The Balaban J connectivity index is 1.94. The molecule has 0 aliphatic carbocycles. The molecular formula is C11H11N3O4. The summed E-state index contributed by atoms with van der Waals surface area (Å²) in [4.78, 5) is 30.0. The number of ketones is 1. The zero-order valence-corrected chi connectivity index (χ0v) is 9.46. The van der Waals surface area contributed by atoms with Crippen LogP contribution >= 0.6 is 0 Å². The predicted octanol–water partition coefficient (Wildman–Crippen LogP) is 1.28. The van der Waals surface area contributed by atoms with Crippen molar-refractivity contribution in [3.05, 3.63) is 24.2 Å². The maximum Gasteiger partial charge on any atom is 0.404 e. The fraction of sp³-hybridized carbons (Fsp3) is 0.273. The van der Waals surface area contributed by atoms with Gasteiger partial charge in [-0.3, -0.25) is 4.79 Å². The Kier molecular flexibility index (Phi) is 3.52. The van der Waals surface area contributed by atoms with E-state index in [1.54, 1.807) is 18.3 Å². The first-order chi connectivity index (χ1) is 8.66. The molecule has 0 fully saturated rings. The van der Waals surface area contributed by atoms with Crippen LogP contribution in [0.3, 0.4) is 0 Å². The molecule has 0 saturated heterocycles. The van der Waals surface area contributed by atoms with E-state index in [-0.39, 0.29) is 24.7 Å². The summed E-state index contributed by atoms with van der Waals surface area (Å²) in [7, 11) is 0. The summed E-state index contributed by atoms with van der Waals surface area (Å²) in [6, 6.07) is 3.42. The van der Waals surface area contributed by atoms with Gasteiger partial charge in [-0.15, -0.1) is 0 Å². The van der Waals surface area contributed by atoms with Crippen molar-refractivity contribution >= 4 is 23.1 Å². The number of Topliss-reactive ketones (excluding diaryl/α,β-unsaturated/α-hetero) is 1. The van der Waals surface area contributed by atoms with Crippen LogP contribution in [0, 0.1) is 0 Å². The summed E-state index contributed by atoms with van der Waals surface area (Å²) in [6.07, 6.45) is 1.24. The highest BCUT2D eigenvalue weighted by molar-refractivity contribution is 5.93. The van der Waals surface area contributed by atoms with Crippen LogP contribution in [-0.2, 0) is 4.74 Å². The van der Waals surface area contributed by atoms with Crippen LogP contribution < -0.4 is 5.73 Å². The highest BCUT2D eigenvalue weighted by Crippen LogP contribution is 2.13. The fourth-order valence-corrected chi connectivity index (χ4v) is 1.40. The van der Waals surface area contributed by atoms with Gasteiger partial charge < -0.3 is 14.9 Å². The molecule has 0 unspecified atom stereocenters. The molecule has 2 aromatic heterocycles. The Morgan fingerprint density at radius 1 is 1.44 bits per heavy atom. The average molecular weight is 249 g/mol. The first-order valence-corrected chi connectivity index (χ1v) is 5.34. The molecule has 0 spiro atoms. The van der Waals surface area contributed by atoms with Crippen molar-refractivity contribution in [2.75, 3.05) is 6.61 Å². The number of ether oxygens (including phenoxy) is 1. The molecule has 7 heteroatoms. The monoisotopic (exact) mass is 249 g/mol. The molecule has 1 amide bonds. The number of carbonyl (C=O) groups is 2. The first kappa shape index (κ1) is 12.0. The van der Waals surface area contributed by atoms with Gasteiger partial charge >= 0.3 is 6.09 Å². The van der Waals surface area contributed by atoms with Gasteiger partial charge in [0.2, 0.25) is 11.5 Å². The summed E-state index contributed by atoms with van der Waals surface area (Å²) in [5, 5.41) is 0. The zero-order valence-electron chi connectivity index (χ0n) is 9.46. The van der Waals surface area contributed by atoms with Crippen LogP contribution in [-0.4, -0.2) is 28.5 Å². The number of hydrogen-bond acceptors (Lipinski definition) is 6. The second kappa shape index (κ2) is 5.26. The van der Waals surface area contributed by atoms with Crippen LogP contribution in [0.25, 0.3) is 11.2 Å². The van der Waals surface area contributed by atoms with E-state index in [0.29, 0.717) is 17.7 Å². The van der Waals surface area contributed by atoms with Crippen molar-refractivity contribution in [3.63, 3.8) is 0 Å². The zero-order chi connectivity index (χ0) is 13.0. The van der Waals surface area contributed by atoms with E-state index in [4.69, 9.17) is 10.2 Å². The van der Waals surface area contributed by atoms with Gasteiger partial charge in [0.25, 0.3) is 5.89 Å². The lowest BCUT2D eigenvalue weighted by Gasteiger charge is -1.98. The molecule has 18 heavy (non-hydrogen) atoms. The maximum atomic E-state index is 11.7. The van der Waals surface area contributed by atoms with Crippen LogP contribution in [0.1, 0.15) is 23.5 Å². The van der Waals surface area contributed by atoms with Gasteiger partial charge in [0.05, 0.1) is 6.61 Å². The molecule has 0 aliphatic heterocycles. The minimum Gasteiger partial charge on any atom is -0.450 e. The molecule has 0 saturated carbocycles. The quantitative estimate of drug-likeness (QED) is 0.631. The van der Waals surface area contributed by atoms with E-state index in [9.17, 15) is 9.59 Å². The standard InChI is InChI=1S/C11H11N3O4/c12-11(16)17-6-2-4-8(15)10-14-7-3-1-5-13-9(7)18-10/h1,3,5H,2,4,6H2,(H2,12,16). The summed E-state index contributed by atoms with van der Waals surface area (Å²) in [5.41, 5.74) is 5.65. The molecule has 2 heterocycles. The van der Waals surface area contributed by atoms with Gasteiger partial charge in [-0.25, -0.2) is 14.8 Å². The second-order valence-corrected chi connectivity index (χ2v) is 3.54. The largest absolute Gasteiger partial charge is 0.450 e. The molecule has 2 N–H and O–H groups in total. The van der Waals surface area contributed by atoms with Gasteiger partial charge in [0.1, 0.15) is 5.52 Å². The van der Waals surface area contributed by atoms with Crippen LogP contribution in [0.5, 0.6) is 0 Å². The fourth-order valence-electron chi connectivity index (χ4n) is 1.40. The number of primary amides is 1. The normalized spacial score (nSPS) is 10.4.